The van der Waals surface area contributed by atoms with Crippen molar-refractivity contribution in [3.05, 3.63) is 35.4 Å². The minimum atomic E-state index is -0.983. The molecule has 1 aromatic carbocycles. The second-order valence-corrected chi connectivity index (χ2v) is 3.42. The summed E-state index contributed by atoms with van der Waals surface area (Å²) < 4.78 is 9.50. The van der Waals surface area contributed by atoms with Crippen molar-refractivity contribution in [1.82, 2.24) is 0 Å². The highest BCUT2D eigenvalue weighted by Crippen LogP contribution is 2.19. The minimum absolute atomic E-state index is 0.518. The summed E-state index contributed by atoms with van der Waals surface area (Å²) in [7, 11) is 1.26. The molecule has 0 amide bonds. The number of rotatable bonds is 3. The molecule has 0 N–H and O–H groups in total. The Kier molecular flexibility index (Phi) is 4.05. The van der Waals surface area contributed by atoms with E-state index < -0.39 is 18.0 Å². The smallest absolute Gasteiger partial charge is 0.351 e. The molecule has 0 aliphatic rings. The molecule has 0 aliphatic carbocycles. The van der Waals surface area contributed by atoms with Crippen molar-refractivity contribution >= 4 is 11.9 Å². The molecule has 0 saturated heterocycles. The molecule has 0 fully saturated rings. The average molecular weight is 222 g/mol. The van der Waals surface area contributed by atoms with Gasteiger partial charge in [-0.05, 0) is 6.92 Å². The van der Waals surface area contributed by atoms with Crippen LogP contribution in [0.2, 0.25) is 0 Å². The molecule has 86 valence electrons. The Morgan fingerprint density at radius 1 is 1.19 bits per heavy atom. The number of carbonyl (C=O) groups is 2. The van der Waals surface area contributed by atoms with Crippen molar-refractivity contribution in [2.75, 3.05) is 7.11 Å². The summed E-state index contributed by atoms with van der Waals surface area (Å²) >= 11 is 0. The van der Waals surface area contributed by atoms with Gasteiger partial charge in [0, 0.05) is 12.5 Å². The average Bonchev–Trinajstić information content (AvgIpc) is 2.26. The van der Waals surface area contributed by atoms with Gasteiger partial charge in [0.25, 0.3) is 0 Å². The van der Waals surface area contributed by atoms with Gasteiger partial charge in [0.1, 0.15) is 0 Å². The van der Waals surface area contributed by atoms with E-state index in [4.69, 9.17) is 4.74 Å². The number of aryl methyl sites for hydroxylation is 1. The zero-order chi connectivity index (χ0) is 12.1. The maximum atomic E-state index is 11.4. The molecule has 1 atom stereocenters. The molecule has 1 rings (SSSR count). The van der Waals surface area contributed by atoms with E-state index in [0.29, 0.717) is 5.56 Å². The summed E-state index contributed by atoms with van der Waals surface area (Å²) in [6.45, 7) is 3.19. The first kappa shape index (κ1) is 12.2. The fourth-order valence-electron chi connectivity index (χ4n) is 1.27. The van der Waals surface area contributed by atoms with Gasteiger partial charge in [0.15, 0.2) is 0 Å². The van der Waals surface area contributed by atoms with Crippen LogP contribution in [0.3, 0.4) is 0 Å². The second-order valence-electron chi connectivity index (χ2n) is 3.42. The third-order valence-electron chi connectivity index (χ3n) is 2.08. The first-order valence-electron chi connectivity index (χ1n) is 4.86. The summed E-state index contributed by atoms with van der Waals surface area (Å²) in [4.78, 5) is 22.3. The lowest BCUT2D eigenvalue weighted by atomic mass is 10.1. The van der Waals surface area contributed by atoms with E-state index >= 15 is 0 Å². The van der Waals surface area contributed by atoms with E-state index in [2.05, 4.69) is 4.74 Å². The molecule has 0 aliphatic heterocycles. The lowest BCUT2D eigenvalue weighted by Gasteiger charge is -2.14. The molecule has 1 unspecified atom stereocenters. The molecule has 16 heavy (non-hydrogen) atoms. The largest absolute Gasteiger partial charge is 0.466 e. The highest BCUT2D eigenvalue weighted by atomic mass is 16.6. The van der Waals surface area contributed by atoms with E-state index in [1.807, 2.05) is 19.1 Å². The van der Waals surface area contributed by atoms with E-state index in [-0.39, 0.29) is 0 Å². The lowest BCUT2D eigenvalue weighted by Crippen LogP contribution is -2.19. The number of carbonyl (C=O) groups excluding carboxylic acids is 2. The first-order chi connectivity index (χ1) is 7.54. The molecule has 0 spiro atoms. The Morgan fingerprint density at radius 2 is 1.75 bits per heavy atom. The van der Waals surface area contributed by atoms with Crippen LogP contribution >= 0.6 is 0 Å². The minimum Gasteiger partial charge on any atom is -0.466 e. The van der Waals surface area contributed by atoms with E-state index in [9.17, 15) is 9.59 Å². The summed E-state index contributed by atoms with van der Waals surface area (Å²) in [6, 6.07) is 7.16. The number of esters is 2. The summed E-state index contributed by atoms with van der Waals surface area (Å²) in [5.41, 5.74) is 1.67. The van der Waals surface area contributed by atoms with Gasteiger partial charge in [-0.25, -0.2) is 4.79 Å². The van der Waals surface area contributed by atoms with Gasteiger partial charge in [-0.1, -0.05) is 29.8 Å². The van der Waals surface area contributed by atoms with Crippen LogP contribution in [0.15, 0.2) is 24.3 Å². The second kappa shape index (κ2) is 5.30. The Bertz CT molecular complexity index is 381. The topological polar surface area (TPSA) is 52.6 Å². The van der Waals surface area contributed by atoms with Crippen LogP contribution < -0.4 is 0 Å². The van der Waals surface area contributed by atoms with Gasteiger partial charge in [-0.3, -0.25) is 4.79 Å². The van der Waals surface area contributed by atoms with Crippen molar-refractivity contribution < 1.29 is 19.1 Å². The van der Waals surface area contributed by atoms with Crippen molar-refractivity contribution in [3.63, 3.8) is 0 Å². The van der Waals surface area contributed by atoms with Gasteiger partial charge >= 0.3 is 11.9 Å². The number of benzene rings is 1. The highest BCUT2D eigenvalue weighted by Gasteiger charge is 2.24. The van der Waals surface area contributed by atoms with Gasteiger partial charge in [-0.2, -0.15) is 0 Å². The van der Waals surface area contributed by atoms with Crippen LogP contribution in [0.1, 0.15) is 24.2 Å². The van der Waals surface area contributed by atoms with E-state index in [1.165, 1.54) is 14.0 Å². The molecule has 0 bridgehead atoms. The summed E-state index contributed by atoms with van der Waals surface area (Å²) in [5.74, 6) is -1.10. The Labute approximate surface area is 94.2 Å². The maximum Gasteiger partial charge on any atom is 0.351 e. The van der Waals surface area contributed by atoms with Crippen LogP contribution in [-0.4, -0.2) is 19.0 Å². The van der Waals surface area contributed by atoms with Crippen LogP contribution in [-0.2, 0) is 19.1 Å². The van der Waals surface area contributed by atoms with E-state index in [0.717, 1.165) is 5.56 Å². The third-order valence-corrected chi connectivity index (χ3v) is 2.08. The predicted octanol–water partition coefficient (Wildman–Crippen LogP) is 1.77. The standard InChI is InChI=1S/C12H14O4/c1-8-4-6-10(7-5-8)11(12(14)15-3)16-9(2)13/h4-7,11H,1-3H3. The summed E-state index contributed by atoms with van der Waals surface area (Å²) in [5, 5.41) is 0. The zero-order valence-corrected chi connectivity index (χ0v) is 9.52. The van der Waals surface area contributed by atoms with Crippen molar-refractivity contribution in [2.24, 2.45) is 0 Å². The maximum absolute atomic E-state index is 11.4. The SMILES string of the molecule is COC(=O)C(OC(C)=O)c1ccc(C)cc1. The Hall–Kier alpha value is -1.84. The fraction of sp³-hybridized carbons (Fsp3) is 0.333. The number of hydrogen-bond acceptors (Lipinski definition) is 4. The third kappa shape index (κ3) is 3.08. The predicted molar refractivity (Wildman–Crippen MR) is 57.7 cm³/mol. The monoisotopic (exact) mass is 222 g/mol. The van der Waals surface area contributed by atoms with Crippen LogP contribution in [0, 0.1) is 6.92 Å². The van der Waals surface area contributed by atoms with E-state index in [1.54, 1.807) is 12.1 Å². The molecular formula is C12H14O4. The fourth-order valence-corrected chi connectivity index (χ4v) is 1.27. The highest BCUT2D eigenvalue weighted by molar-refractivity contribution is 5.80. The molecule has 0 heterocycles. The Morgan fingerprint density at radius 3 is 2.19 bits per heavy atom. The van der Waals surface area contributed by atoms with Gasteiger partial charge < -0.3 is 9.47 Å². The lowest BCUT2D eigenvalue weighted by molar-refractivity contribution is -0.165. The Balaban J connectivity index is 2.96. The van der Waals surface area contributed by atoms with Crippen molar-refractivity contribution in [3.8, 4) is 0 Å². The quantitative estimate of drug-likeness (QED) is 0.731. The van der Waals surface area contributed by atoms with Crippen LogP contribution in [0.5, 0.6) is 0 Å². The van der Waals surface area contributed by atoms with Crippen LogP contribution in [0.4, 0.5) is 0 Å². The van der Waals surface area contributed by atoms with Crippen molar-refractivity contribution in [1.29, 1.82) is 0 Å². The molecule has 0 aromatic heterocycles. The summed E-state index contributed by atoms with van der Waals surface area (Å²) in [6.07, 6.45) is -0.983. The molecule has 1 aromatic rings. The molecule has 0 saturated carbocycles. The van der Waals surface area contributed by atoms with Crippen LogP contribution in [0.25, 0.3) is 0 Å². The first-order valence-corrected chi connectivity index (χ1v) is 4.86. The number of methoxy groups -OCH3 is 1. The number of hydrogen-bond donors (Lipinski definition) is 0. The van der Waals surface area contributed by atoms with Crippen molar-refractivity contribution in [2.45, 2.75) is 20.0 Å². The molecule has 4 nitrogen and oxygen atoms in total. The molecule has 0 radical (unpaired) electrons. The number of ether oxygens (including phenoxy) is 2. The zero-order valence-electron chi connectivity index (χ0n) is 9.52. The van der Waals surface area contributed by atoms with Gasteiger partial charge in [-0.15, -0.1) is 0 Å². The van der Waals surface area contributed by atoms with Gasteiger partial charge in [0.2, 0.25) is 6.10 Å². The normalized spacial score (nSPS) is 11.7. The van der Waals surface area contributed by atoms with Gasteiger partial charge in [0.05, 0.1) is 7.11 Å². The molecular weight excluding hydrogens is 208 g/mol. The molecule has 4 heteroatoms.